The Kier molecular flexibility index (Phi) is 3.23. The van der Waals surface area contributed by atoms with E-state index in [1.54, 1.807) is 0 Å². The molecule has 0 aromatic heterocycles. The van der Waals surface area contributed by atoms with Crippen molar-refractivity contribution < 1.29 is 14.7 Å². The molecule has 11 heavy (non-hydrogen) atoms. The molecule has 0 aromatic rings. The maximum Gasteiger partial charge on any atom is 0.304 e. The highest BCUT2D eigenvalue weighted by Gasteiger charge is 2.25. The van der Waals surface area contributed by atoms with Gasteiger partial charge in [0.1, 0.15) is 6.29 Å². The molecule has 0 aliphatic heterocycles. The van der Waals surface area contributed by atoms with E-state index in [-0.39, 0.29) is 17.8 Å². The molecule has 64 valence electrons. The van der Waals surface area contributed by atoms with Gasteiger partial charge in [0, 0.05) is 5.92 Å². The van der Waals surface area contributed by atoms with Crippen LogP contribution in [-0.4, -0.2) is 17.4 Å². The summed E-state index contributed by atoms with van der Waals surface area (Å²) < 4.78 is 0. The number of carbonyl (C=O) groups excluding carboxylic acids is 1. The van der Waals surface area contributed by atoms with E-state index in [2.05, 4.69) is 0 Å². The quantitative estimate of drug-likeness (QED) is 0.630. The van der Waals surface area contributed by atoms with Crippen molar-refractivity contribution >= 4 is 12.3 Å². The first-order chi connectivity index (χ1) is 4.88. The SMILES string of the molecule is CC(C)(C)C(C=O)CC(=O)O. The van der Waals surface area contributed by atoms with Crippen molar-refractivity contribution in [3.63, 3.8) is 0 Å². The molecule has 0 amide bonds. The average molecular weight is 158 g/mol. The van der Waals surface area contributed by atoms with Crippen molar-refractivity contribution in [2.75, 3.05) is 0 Å². The predicted molar refractivity (Wildman–Crippen MR) is 41.3 cm³/mol. The summed E-state index contributed by atoms with van der Waals surface area (Å²) in [7, 11) is 0. The van der Waals surface area contributed by atoms with Crippen LogP contribution in [0.5, 0.6) is 0 Å². The zero-order valence-corrected chi connectivity index (χ0v) is 7.13. The molecule has 0 spiro atoms. The van der Waals surface area contributed by atoms with Gasteiger partial charge in [-0.15, -0.1) is 0 Å². The van der Waals surface area contributed by atoms with Crippen LogP contribution in [0, 0.1) is 11.3 Å². The van der Waals surface area contributed by atoms with Crippen LogP contribution in [0.2, 0.25) is 0 Å². The Morgan fingerprint density at radius 2 is 2.00 bits per heavy atom. The van der Waals surface area contributed by atoms with E-state index in [1.807, 2.05) is 20.8 Å². The molecule has 3 heteroatoms. The van der Waals surface area contributed by atoms with Gasteiger partial charge in [0.15, 0.2) is 0 Å². The normalized spacial score (nSPS) is 14.1. The van der Waals surface area contributed by atoms with Gasteiger partial charge in [0.25, 0.3) is 0 Å². The van der Waals surface area contributed by atoms with E-state index in [1.165, 1.54) is 0 Å². The molecule has 0 saturated heterocycles. The van der Waals surface area contributed by atoms with Crippen LogP contribution >= 0.6 is 0 Å². The number of carboxylic acid groups (broad SMARTS) is 1. The highest BCUT2D eigenvalue weighted by molar-refractivity contribution is 5.72. The molecule has 0 rings (SSSR count). The summed E-state index contributed by atoms with van der Waals surface area (Å²) in [6.45, 7) is 5.57. The minimum absolute atomic E-state index is 0.0764. The largest absolute Gasteiger partial charge is 0.481 e. The number of rotatable bonds is 3. The van der Waals surface area contributed by atoms with Crippen LogP contribution in [0.15, 0.2) is 0 Å². The Morgan fingerprint density at radius 1 is 1.55 bits per heavy atom. The number of carboxylic acids is 1. The molecule has 3 nitrogen and oxygen atoms in total. The third kappa shape index (κ3) is 3.75. The standard InChI is InChI=1S/C8H14O3/c1-8(2,3)6(5-9)4-7(10)11/h5-6H,4H2,1-3H3,(H,10,11). The zero-order chi connectivity index (χ0) is 9.07. The molecule has 0 aliphatic rings. The first kappa shape index (κ1) is 10.1. The molecule has 0 aromatic carbocycles. The van der Waals surface area contributed by atoms with Gasteiger partial charge >= 0.3 is 5.97 Å². The summed E-state index contributed by atoms with van der Waals surface area (Å²) >= 11 is 0. The number of aliphatic carboxylic acids is 1. The lowest BCUT2D eigenvalue weighted by Crippen LogP contribution is -2.24. The topological polar surface area (TPSA) is 54.4 Å². The molecular formula is C8H14O3. The highest BCUT2D eigenvalue weighted by Crippen LogP contribution is 2.26. The Morgan fingerprint density at radius 3 is 2.09 bits per heavy atom. The molecule has 0 radical (unpaired) electrons. The predicted octanol–water partition coefficient (Wildman–Crippen LogP) is 1.32. The van der Waals surface area contributed by atoms with Gasteiger partial charge in [-0.25, -0.2) is 0 Å². The maximum absolute atomic E-state index is 10.4. The van der Waals surface area contributed by atoms with Crippen LogP contribution in [-0.2, 0) is 9.59 Å². The fourth-order valence-electron chi connectivity index (χ4n) is 0.747. The molecule has 0 aliphatic carbocycles. The fraction of sp³-hybridized carbons (Fsp3) is 0.750. The van der Waals surface area contributed by atoms with Gasteiger partial charge in [0.2, 0.25) is 0 Å². The van der Waals surface area contributed by atoms with Gasteiger partial charge < -0.3 is 9.90 Å². The molecular weight excluding hydrogens is 144 g/mol. The maximum atomic E-state index is 10.4. The van der Waals surface area contributed by atoms with Crippen LogP contribution in [0.1, 0.15) is 27.2 Å². The van der Waals surface area contributed by atoms with Crippen molar-refractivity contribution in [1.29, 1.82) is 0 Å². The van der Waals surface area contributed by atoms with E-state index < -0.39 is 5.97 Å². The molecule has 1 unspecified atom stereocenters. The minimum Gasteiger partial charge on any atom is -0.481 e. The second-order valence-electron chi connectivity index (χ2n) is 3.71. The van der Waals surface area contributed by atoms with Gasteiger partial charge in [-0.3, -0.25) is 4.79 Å². The smallest absolute Gasteiger partial charge is 0.304 e. The van der Waals surface area contributed by atoms with E-state index in [0.717, 1.165) is 0 Å². The van der Waals surface area contributed by atoms with Crippen LogP contribution in [0.3, 0.4) is 0 Å². The Balaban J connectivity index is 4.18. The van der Waals surface area contributed by atoms with Gasteiger partial charge in [0.05, 0.1) is 6.42 Å². The number of hydrogen-bond acceptors (Lipinski definition) is 2. The lowest BCUT2D eigenvalue weighted by molar-refractivity contribution is -0.140. The molecule has 0 saturated carbocycles. The average Bonchev–Trinajstić information content (AvgIpc) is 1.79. The molecule has 1 atom stereocenters. The summed E-state index contributed by atoms with van der Waals surface area (Å²) in [5.41, 5.74) is -0.250. The van der Waals surface area contributed by atoms with Crippen LogP contribution in [0.4, 0.5) is 0 Å². The van der Waals surface area contributed by atoms with Crippen LogP contribution in [0.25, 0.3) is 0 Å². The highest BCUT2D eigenvalue weighted by atomic mass is 16.4. The first-order valence-corrected chi connectivity index (χ1v) is 3.55. The number of hydrogen-bond donors (Lipinski definition) is 1. The number of aldehydes is 1. The summed E-state index contributed by atoms with van der Waals surface area (Å²) in [6, 6.07) is 0. The second kappa shape index (κ2) is 3.51. The van der Waals surface area contributed by atoms with Crippen molar-refractivity contribution in [2.24, 2.45) is 11.3 Å². The minimum atomic E-state index is -0.919. The molecule has 0 fully saturated rings. The fourth-order valence-corrected chi connectivity index (χ4v) is 0.747. The lowest BCUT2D eigenvalue weighted by atomic mass is 9.80. The first-order valence-electron chi connectivity index (χ1n) is 3.55. The van der Waals surface area contributed by atoms with E-state index in [9.17, 15) is 9.59 Å². The van der Waals surface area contributed by atoms with Gasteiger partial charge in [-0.2, -0.15) is 0 Å². The lowest BCUT2D eigenvalue weighted by Gasteiger charge is -2.23. The van der Waals surface area contributed by atoms with Crippen molar-refractivity contribution in [3.8, 4) is 0 Å². The van der Waals surface area contributed by atoms with Crippen molar-refractivity contribution in [3.05, 3.63) is 0 Å². The van der Waals surface area contributed by atoms with E-state index >= 15 is 0 Å². The molecule has 0 bridgehead atoms. The summed E-state index contributed by atoms with van der Waals surface area (Å²) in [5, 5.41) is 8.42. The van der Waals surface area contributed by atoms with Gasteiger partial charge in [-0.05, 0) is 5.41 Å². The Hall–Kier alpha value is -0.860. The molecule has 1 N–H and O–H groups in total. The van der Waals surface area contributed by atoms with E-state index in [4.69, 9.17) is 5.11 Å². The van der Waals surface area contributed by atoms with E-state index in [0.29, 0.717) is 6.29 Å². The monoisotopic (exact) mass is 158 g/mol. The summed E-state index contributed by atoms with van der Waals surface area (Å²) in [5.74, 6) is -1.31. The third-order valence-electron chi connectivity index (χ3n) is 1.67. The Labute approximate surface area is 66.4 Å². The zero-order valence-electron chi connectivity index (χ0n) is 7.13. The van der Waals surface area contributed by atoms with Gasteiger partial charge in [-0.1, -0.05) is 20.8 Å². The summed E-state index contributed by atoms with van der Waals surface area (Å²) in [6.07, 6.45) is 0.640. The second-order valence-corrected chi connectivity index (χ2v) is 3.71. The Bertz CT molecular complexity index is 155. The van der Waals surface area contributed by atoms with Crippen molar-refractivity contribution in [2.45, 2.75) is 27.2 Å². The third-order valence-corrected chi connectivity index (χ3v) is 1.67. The van der Waals surface area contributed by atoms with Crippen molar-refractivity contribution in [1.82, 2.24) is 0 Å². The molecule has 0 heterocycles. The number of carbonyl (C=O) groups is 2. The summed E-state index contributed by atoms with van der Waals surface area (Å²) in [4.78, 5) is 20.7. The van der Waals surface area contributed by atoms with Crippen LogP contribution < -0.4 is 0 Å².